The second kappa shape index (κ2) is 6.17. The van der Waals surface area contributed by atoms with E-state index in [0.29, 0.717) is 17.1 Å². The fourth-order valence-corrected chi connectivity index (χ4v) is 2.00. The second-order valence-electron chi connectivity index (χ2n) is 4.89. The number of aromatic nitrogens is 1. The predicted octanol–water partition coefficient (Wildman–Crippen LogP) is 3.55. The maximum absolute atomic E-state index is 11.9. The minimum Gasteiger partial charge on any atom is -0.308 e. The highest BCUT2D eigenvalue weighted by molar-refractivity contribution is 6.01. The van der Waals surface area contributed by atoms with E-state index in [9.17, 15) is 9.59 Å². The van der Waals surface area contributed by atoms with E-state index in [1.54, 1.807) is 30.3 Å². The largest absolute Gasteiger partial charge is 0.324 e. The molecular weight excluding hydrogens is 266 g/mol. The predicted molar refractivity (Wildman–Crippen MR) is 82.8 cm³/mol. The summed E-state index contributed by atoms with van der Waals surface area (Å²) in [6.07, 6.45) is 0. The molecule has 0 spiro atoms. The molecule has 2 N–H and O–H groups in total. The van der Waals surface area contributed by atoms with E-state index in [1.807, 2.05) is 19.9 Å². The summed E-state index contributed by atoms with van der Waals surface area (Å²) in [7, 11) is 0. The number of Topliss-reactive ketones (excluding diaryl/α,β-unsaturated/α-hetero) is 1. The fourth-order valence-electron chi connectivity index (χ4n) is 2.00. The van der Waals surface area contributed by atoms with E-state index >= 15 is 0 Å². The normalized spacial score (nSPS) is 10.0. The summed E-state index contributed by atoms with van der Waals surface area (Å²) in [5.74, 6) is 0.447. The van der Waals surface area contributed by atoms with E-state index < -0.39 is 6.03 Å². The number of benzene rings is 1. The molecule has 1 aromatic heterocycles. The van der Waals surface area contributed by atoms with Crippen LogP contribution < -0.4 is 10.6 Å². The number of nitrogens with one attached hydrogen (secondary N) is 2. The zero-order valence-corrected chi connectivity index (χ0v) is 12.2. The first-order valence-corrected chi connectivity index (χ1v) is 6.58. The van der Waals surface area contributed by atoms with Crippen LogP contribution in [0.3, 0.4) is 0 Å². The summed E-state index contributed by atoms with van der Waals surface area (Å²) >= 11 is 0. The third kappa shape index (κ3) is 4.14. The van der Waals surface area contributed by atoms with Gasteiger partial charge >= 0.3 is 6.03 Å². The van der Waals surface area contributed by atoms with Crippen molar-refractivity contribution in [3.8, 4) is 0 Å². The molecule has 0 bridgehead atoms. The van der Waals surface area contributed by atoms with Crippen molar-refractivity contribution < 1.29 is 9.59 Å². The van der Waals surface area contributed by atoms with Crippen molar-refractivity contribution in [3.63, 3.8) is 0 Å². The van der Waals surface area contributed by atoms with Gasteiger partial charge in [0.2, 0.25) is 0 Å². The van der Waals surface area contributed by atoms with Crippen molar-refractivity contribution in [1.29, 1.82) is 0 Å². The van der Waals surface area contributed by atoms with Crippen LogP contribution in [-0.2, 0) is 0 Å². The average Bonchev–Trinajstić information content (AvgIpc) is 2.37. The highest BCUT2D eigenvalue weighted by atomic mass is 16.2. The molecule has 0 aliphatic carbocycles. The summed E-state index contributed by atoms with van der Waals surface area (Å²) < 4.78 is 0. The van der Waals surface area contributed by atoms with Crippen LogP contribution in [0.25, 0.3) is 0 Å². The van der Waals surface area contributed by atoms with E-state index in [0.717, 1.165) is 11.3 Å². The molecule has 0 radical (unpaired) electrons. The molecule has 2 rings (SSSR count). The van der Waals surface area contributed by atoms with Crippen molar-refractivity contribution in [1.82, 2.24) is 4.98 Å². The first-order chi connectivity index (χ1) is 9.94. The van der Waals surface area contributed by atoms with Crippen molar-refractivity contribution >= 4 is 23.3 Å². The van der Waals surface area contributed by atoms with Crippen LogP contribution in [0.4, 0.5) is 16.3 Å². The molecule has 2 aromatic rings. The van der Waals surface area contributed by atoms with Gasteiger partial charge in [-0.1, -0.05) is 12.1 Å². The lowest BCUT2D eigenvalue weighted by molar-refractivity contribution is 0.101. The van der Waals surface area contributed by atoms with Gasteiger partial charge in [0.1, 0.15) is 5.82 Å². The number of carbonyl (C=O) groups excluding carboxylic acids is 2. The van der Waals surface area contributed by atoms with Crippen LogP contribution >= 0.6 is 0 Å². The van der Waals surface area contributed by atoms with E-state index in [-0.39, 0.29) is 5.78 Å². The topological polar surface area (TPSA) is 71.1 Å². The Morgan fingerprint density at radius 1 is 1.05 bits per heavy atom. The van der Waals surface area contributed by atoms with Gasteiger partial charge in [-0.2, -0.15) is 0 Å². The summed E-state index contributed by atoms with van der Waals surface area (Å²) in [6.45, 7) is 5.29. The summed E-state index contributed by atoms with van der Waals surface area (Å²) in [5.41, 5.74) is 2.97. The maximum atomic E-state index is 11.9. The monoisotopic (exact) mass is 283 g/mol. The number of hydrogen-bond donors (Lipinski definition) is 2. The minimum atomic E-state index is -0.395. The molecule has 108 valence electrons. The molecule has 0 unspecified atom stereocenters. The van der Waals surface area contributed by atoms with Crippen LogP contribution in [0.1, 0.15) is 28.5 Å². The number of nitrogens with zero attached hydrogens (tertiary/aromatic N) is 1. The molecule has 0 fully saturated rings. The Hall–Kier alpha value is -2.69. The number of urea groups is 1. The number of pyridine rings is 1. The molecule has 1 heterocycles. The zero-order chi connectivity index (χ0) is 15.4. The Morgan fingerprint density at radius 2 is 1.81 bits per heavy atom. The van der Waals surface area contributed by atoms with E-state index in [2.05, 4.69) is 15.6 Å². The van der Waals surface area contributed by atoms with Crippen molar-refractivity contribution in [2.45, 2.75) is 20.8 Å². The van der Waals surface area contributed by atoms with Gasteiger partial charge in [0.05, 0.1) is 0 Å². The Morgan fingerprint density at radius 3 is 2.48 bits per heavy atom. The molecule has 0 saturated heterocycles. The lowest BCUT2D eigenvalue weighted by Crippen LogP contribution is -2.20. The molecule has 0 aliphatic heterocycles. The van der Waals surface area contributed by atoms with Crippen LogP contribution in [0, 0.1) is 13.8 Å². The fraction of sp³-hybridized carbons (Fsp3) is 0.188. The van der Waals surface area contributed by atoms with Gasteiger partial charge in [0.15, 0.2) is 5.78 Å². The molecule has 1 aromatic carbocycles. The Kier molecular flexibility index (Phi) is 4.33. The molecule has 0 saturated carbocycles. The smallest absolute Gasteiger partial charge is 0.308 e. The lowest BCUT2D eigenvalue weighted by atomic mass is 10.1. The number of anilines is 2. The number of hydrogen-bond acceptors (Lipinski definition) is 3. The van der Waals surface area contributed by atoms with Gasteiger partial charge < -0.3 is 5.32 Å². The summed E-state index contributed by atoms with van der Waals surface area (Å²) in [6, 6.07) is 10.1. The van der Waals surface area contributed by atoms with E-state index in [1.165, 1.54) is 6.92 Å². The highest BCUT2D eigenvalue weighted by Crippen LogP contribution is 2.13. The minimum absolute atomic E-state index is 0.0463. The Bertz CT molecular complexity index is 675. The average molecular weight is 283 g/mol. The first-order valence-electron chi connectivity index (χ1n) is 6.58. The van der Waals surface area contributed by atoms with Crippen LogP contribution in [0.15, 0.2) is 36.4 Å². The van der Waals surface area contributed by atoms with Gasteiger partial charge in [0.25, 0.3) is 0 Å². The molecule has 5 nitrogen and oxygen atoms in total. The van der Waals surface area contributed by atoms with Gasteiger partial charge in [-0.15, -0.1) is 0 Å². The van der Waals surface area contributed by atoms with E-state index in [4.69, 9.17) is 0 Å². The molecule has 21 heavy (non-hydrogen) atoms. The lowest BCUT2D eigenvalue weighted by Gasteiger charge is -2.09. The van der Waals surface area contributed by atoms with Gasteiger partial charge in [-0.25, -0.2) is 9.78 Å². The SMILES string of the molecule is CC(=O)c1cccc(NC(=O)Nc2cc(C)cc(C)n2)c1. The highest BCUT2D eigenvalue weighted by Gasteiger charge is 2.06. The summed E-state index contributed by atoms with van der Waals surface area (Å²) in [5, 5.41) is 5.36. The third-order valence-electron chi connectivity index (χ3n) is 2.87. The molecular formula is C16H17N3O2. The van der Waals surface area contributed by atoms with Crippen molar-refractivity contribution in [2.24, 2.45) is 0 Å². The van der Waals surface area contributed by atoms with Crippen LogP contribution in [-0.4, -0.2) is 16.8 Å². The third-order valence-corrected chi connectivity index (χ3v) is 2.87. The van der Waals surface area contributed by atoms with Crippen LogP contribution in [0.5, 0.6) is 0 Å². The summed E-state index contributed by atoms with van der Waals surface area (Å²) in [4.78, 5) is 27.5. The van der Waals surface area contributed by atoms with Gasteiger partial charge in [-0.05, 0) is 50.6 Å². The van der Waals surface area contributed by atoms with Gasteiger partial charge in [-0.3, -0.25) is 10.1 Å². The van der Waals surface area contributed by atoms with Gasteiger partial charge in [0, 0.05) is 16.9 Å². The second-order valence-corrected chi connectivity index (χ2v) is 4.89. The number of amides is 2. The standard InChI is InChI=1S/C16H17N3O2/c1-10-7-11(2)17-15(8-10)19-16(21)18-14-6-4-5-13(9-14)12(3)20/h4-9H,1-3H3,(H2,17,18,19,21). The molecule has 2 amide bonds. The van der Waals surface area contributed by atoms with Crippen molar-refractivity contribution in [2.75, 3.05) is 10.6 Å². The quantitative estimate of drug-likeness (QED) is 0.846. The number of aryl methyl sites for hydroxylation is 2. The maximum Gasteiger partial charge on any atom is 0.324 e. The number of carbonyl (C=O) groups is 2. The number of rotatable bonds is 3. The Balaban J connectivity index is 2.08. The zero-order valence-electron chi connectivity index (χ0n) is 12.2. The number of ketones is 1. The van der Waals surface area contributed by atoms with Crippen LogP contribution in [0.2, 0.25) is 0 Å². The Labute approximate surface area is 123 Å². The molecule has 5 heteroatoms. The molecule has 0 atom stereocenters. The molecule has 0 aliphatic rings. The van der Waals surface area contributed by atoms with Crippen molar-refractivity contribution in [3.05, 3.63) is 53.2 Å². The first kappa shape index (κ1) is 14.7.